The van der Waals surface area contributed by atoms with E-state index >= 15 is 0 Å². The highest BCUT2D eigenvalue weighted by Crippen LogP contribution is 2.06. The van der Waals surface area contributed by atoms with Crippen LogP contribution < -0.4 is 4.74 Å². The zero-order chi connectivity index (χ0) is 8.39. The zero-order valence-electron chi connectivity index (χ0n) is 6.64. The molecule has 0 amide bonds. The third-order valence-electron chi connectivity index (χ3n) is 1.42. The molecule has 5 heteroatoms. The summed E-state index contributed by atoms with van der Waals surface area (Å²) < 4.78 is 6.74. The van der Waals surface area contributed by atoms with Gasteiger partial charge < -0.3 is 4.74 Å². The summed E-state index contributed by atoms with van der Waals surface area (Å²) in [5, 5.41) is 11.7. The van der Waals surface area contributed by atoms with Gasteiger partial charge in [0.25, 0.3) is 0 Å². The largest absolute Gasteiger partial charge is 0.463 e. The second-order valence-electron chi connectivity index (χ2n) is 2.21. The number of rotatable bonds is 2. The van der Waals surface area contributed by atoms with E-state index in [1.165, 1.54) is 0 Å². The van der Waals surface area contributed by atoms with Gasteiger partial charge in [-0.3, -0.25) is 0 Å². The van der Waals surface area contributed by atoms with Gasteiger partial charge in [0.1, 0.15) is 0 Å². The van der Waals surface area contributed by atoms with Gasteiger partial charge in [0.2, 0.25) is 0 Å². The van der Waals surface area contributed by atoms with Gasteiger partial charge in [-0.25, -0.2) is 0 Å². The van der Waals surface area contributed by atoms with E-state index < -0.39 is 0 Å². The molecule has 2 heterocycles. The number of hydrogen-bond acceptors (Lipinski definition) is 4. The molecule has 12 heavy (non-hydrogen) atoms. The first-order valence-electron chi connectivity index (χ1n) is 3.71. The van der Waals surface area contributed by atoms with Crippen LogP contribution >= 0.6 is 0 Å². The summed E-state index contributed by atoms with van der Waals surface area (Å²) in [6.45, 7) is 2.46. The summed E-state index contributed by atoms with van der Waals surface area (Å²) in [6.07, 6.45) is 1.67. The van der Waals surface area contributed by atoms with Crippen LogP contribution in [0.4, 0.5) is 0 Å². The van der Waals surface area contributed by atoms with Crippen LogP contribution in [0.5, 0.6) is 6.01 Å². The molecule has 62 valence electrons. The van der Waals surface area contributed by atoms with Crippen molar-refractivity contribution >= 4 is 5.65 Å². The second kappa shape index (κ2) is 2.77. The van der Waals surface area contributed by atoms with E-state index in [0.29, 0.717) is 18.3 Å². The Morgan fingerprint density at radius 3 is 3.25 bits per heavy atom. The molecule has 0 saturated heterocycles. The van der Waals surface area contributed by atoms with Gasteiger partial charge in [-0.1, -0.05) is 5.10 Å². The maximum atomic E-state index is 5.19. The first kappa shape index (κ1) is 7.02. The molecule has 2 aromatic heterocycles. The number of fused-ring (bicyclic) bond motifs is 1. The van der Waals surface area contributed by atoms with Crippen LogP contribution in [0.1, 0.15) is 6.92 Å². The van der Waals surface area contributed by atoms with E-state index in [-0.39, 0.29) is 0 Å². The first-order chi connectivity index (χ1) is 5.92. The Kier molecular flexibility index (Phi) is 1.62. The summed E-state index contributed by atoms with van der Waals surface area (Å²) in [4.78, 5) is 0. The average Bonchev–Trinajstić information content (AvgIpc) is 2.50. The predicted octanol–water partition coefficient (Wildman–Crippen LogP) is 0.523. The Labute approximate surface area is 69.0 Å². The van der Waals surface area contributed by atoms with Crippen molar-refractivity contribution in [3.05, 3.63) is 18.3 Å². The summed E-state index contributed by atoms with van der Waals surface area (Å²) >= 11 is 0. The van der Waals surface area contributed by atoms with Gasteiger partial charge in [0.05, 0.1) is 6.61 Å². The highest BCUT2D eigenvalue weighted by molar-refractivity contribution is 5.35. The standard InChI is InChI=1S/C7H8N4O/c1-2-12-7-10-9-6-4-3-5-8-11(6)7/h3-5H,2H2,1H3. The van der Waals surface area contributed by atoms with Crippen molar-refractivity contribution in [1.82, 2.24) is 19.8 Å². The molecule has 0 radical (unpaired) electrons. The molecule has 0 spiro atoms. The number of hydrogen-bond donors (Lipinski definition) is 0. The summed E-state index contributed by atoms with van der Waals surface area (Å²) in [6, 6.07) is 4.07. The van der Waals surface area contributed by atoms with Crippen LogP contribution in [0.25, 0.3) is 5.65 Å². The van der Waals surface area contributed by atoms with Crippen molar-refractivity contribution in [2.45, 2.75) is 6.92 Å². The van der Waals surface area contributed by atoms with Gasteiger partial charge in [-0.2, -0.15) is 9.61 Å². The normalized spacial score (nSPS) is 10.4. The fraction of sp³-hybridized carbons (Fsp3) is 0.286. The van der Waals surface area contributed by atoms with Crippen LogP contribution in [0.15, 0.2) is 18.3 Å². The summed E-state index contributed by atoms with van der Waals surface area (Å²) in [5.41, 5.74) is 0.695. The molecule has 0 aliphatic heterocycles. The Hall–Kier alpha value is -1.65. The number of aromatic nitrogens is 4. The molecular weight excluding hydrogens is 156 g/mol. The molecular formula is C7H8N4O. The van der Waals surface area contributed by atoms with Crippen LogP contribution in [0, 0.1) is 0 Å². The lowest BCUT2D eigenvalue weighted by molar-refractivity contribution is 0.304. The maximum absolute atomic E-state index is 5.19. The Morgan fingerprint density at radius 2 is 2.42 bits per heavy atom. The van der Waals surface area contributed by atoms with Crippen molar-refractivity contribution in [3.8, 4) is 6.01 Å². The number of ether oxygens (including phenoxy) is 1. The highest BCUT2D eigenvalue weighted by atomic mass is 16.5. The summed E-state index contributed by atoms with van der Waals surface area (Å²) in [5.74, 6) is 0. The summed E-state index contributed by atoms with van der Waals surface area (Å²) in [7, 11) is 0. The van der Waals surface area contributed by atoms with E-state index in [2.05, 4.69) is 15.3 Å². The molecule has 0 N–H and O–H groups in total. The lowest BCUT2D eigenvalue weighted by atomic mass is 10.6. The number of nitrogens with zero attached hydrogens (tertiary/aromatic N) is 4. The van der Waals surface area contributed by atoms with E-state index in [4.69, 9.17) is 4.74 Å². The van der Waals surface area contributed by atoms with Gasteiger partial charge in [0, 0.05) is 6.20 Å². The zero-order valence-corrected chi connectivity index (χ0v) is 6.64. The SMILES string of the molecule is CCOc1nnc2cccnn12. The van der Waals surface area contributed by atoms with E-state index in [1.807, 2.05) is 13.0 Å². The lowest BCUT2D eigenvalue weighted by Crippen LogP contribution is -1.98. The van der Waals surface area contributed by atoms with Crippen molar-refractivity contribution in [2.75, 3.05) is 6.61 Å². The highest BCUT2D eigenvalue weighted by Gasteiger charge is 2.04. The molecule has 0 bridgehead atoms. The van der Waals surface area contributed by atoms with Gasteiger partial charge in [0.15, 0.2) is 5.65 Å². The molecule has 0 atom stereocenters. The first-order valence-corrected chi connectivity index (χ1v) is 3.71. The van der Waals surface area contributed by atoms with E-state index in [0.717, 1.165) is 0 Å². The van der Waals surface area contributed by atoms with Crippen LogP contribution in [0.3, 0.4) is 0 Å². The van der Waals surface area contributed by atoms with Crippen molar-refractivity contribution in [3.63, 3.8) is 0 Å². The molecule has 0 aliphatic carbocycles. The fourth-order valence-corrected chi connectivity index (χ4v) is 0.943. The van der Waals surface area contributed by atoms with Crippen molar-refractivity contribution in [1.29, 1.82) is 0 Å². The predicted molar refractivity (Wildman–Crippen MR) is 42.0 cm³/mol. The topological polar surface area (TPSA) is 52.3 Å². The van der Waals surface area contributed by atoms with E-state index in [1.54, 1.807) is 16.8 Å². The monoisotopic (exact) mass is 164 g/mol. The third kappa shape index (κ3) is 0.990. The molecule has 0 aromatic carbocycles. The minimum atomic E-state index is 0.438. The smallest absolute Gasteiger partial charge is 0.338 e. The molecule has 0 fully saturated rings. The second-order valence-corrected chi connectivity index (χ2v) is 2.21. The van der Waals surface area contributed by atoms with Gasteiger partial charge in [-0.15, -0.1) is 5.10 Å². The van der Waals surface area contributed by atoms with Crippen LogP contribution in [-0.4, -0.2) is 26.4 Å². The molecule has 0 saturated carbocycles. The Morgan fingerprint density at radius 1 is 1.50 bits per heavy atom. The molecule has 2 rings (SSSR count). The minimum Gasteiger partial charge on any atom is -0.463 e. The van der Waals surface area contributed by atoms with Gasteiger partial charge >= 0.3 is 6.01 Å². The van der Waals surface area contributed by atoms with E-state index in [9.17, 15) is 0 Å². The molecule has 0 unspecified atom stereocenters. The van der Waals surface area contributed by atoms with Crippen LogP contribution in [-0.2, 0) is 0 Å². The molecule has 2 aromatic rings. The quantitative estimate of drug-likeness (QED) is 0.649. The minimum absolute atomic E-state index is 0.438. The Bertz CT molecular complexity index is 384. The van der Waals surface area contributed by atoms with Crippen molar-refractivity contribution in [2.24, 2.45) is 0 Å². The molecule has 5 nitrogen and oxygen atoms in total. The lowest BCUT2D eigenvalue weighted by Gasteiger charge is -1.96. The van der Waals surface area contributed by atoms with Gasteiger partial charge in [-0.05, 0) is 19.1 Å². The Balaban J connectivity index is 2.55. The fourth-order valence-electron chi connectivity index (χ4n) is 0.943. The maximum Gasteiger partial charge on any atom is 0.338 e. The molecule has 0 aliphatic rings. The van der Waals surface area contributed by atoms with Crippen molar-refractivity contribution < 1.29 is 4.74 Å². The third-order valence-corrected chi connectivity index (χ3v) is 1.42. The average molecular weight is 164 g/mol. The van der Waals surface area contributed by atoms with Crippen LogP contribution in [0.2, 0.25) is 0 Å².